The van der Waals surface area contributed by atoms with Crippen LogP contribution in [-0.2, 0) is 27.3 Å². The first-order valence-electron chi connectivity index (χ1n) is 10.6. The quantitative estimate of drug-likeness (QED) is 0.387. The SMILES string of the molecule is CCc1cccc(NC(=O)COC(=O)Cn2cnc3cc(-c4ccc(OC)cc4)sc3c2=O)c1. The Morgan fingerprint density at radius 1 is 1.12 bits per heavy atom. The number of esters is 1. The molecule has 0 aliphatic heterocycles. The van der Waals surface area contributed by atoms with Crippen molar-refractivity contribution in [3.05, 3.63) is 76.8 Å². The Morgan fingerprint density at radius 3 is 2.65 bits per heavy atom. The zero-order valence-corrected chi connectivity index (χ0v) is 19.6. The van der Waals surface area contributed by atoms with Crippen LogP contribution in [-0.4, -0.2) is 35.1 Å². The van der Waals surface area contributed by atoms with Gasteiger partial charge in [0.15, 0.2) is 6.61 Å². The van der Waals surface area contributed by atoms with Gasteiger partial charge in [0.05, 0.1) is 19.0 Å². The number of benzene rings is 2. The molecule has 0 bridgehead atoms. The Bertz CT molecular complexity index is 1390. The summed E-state index contributed by atoms with van der Waals surface area (Å²) in [6.07, 6.45) is 2.16. The first-order valence-corrected chi connectivity index (χ1v) is 11.5. The molecule has 0 fully saturated rings. The Hall–Kier alpha value is -3.98. The number of fused-ring (bicyclic) bond motifs is 1. The van der Waals surface area contributed by atoms with E-state index in [4.69, 9.17) is 9.47 Å². The third-order valence-corrected chi connectivity index (χ3v) is 6.32. The Balaban J connectivity index is 1.40. The Kier molecular flexibility index (Phi) is 7.03. The fraction of sp³-hybridized carbons (Fsp3) is 0.200. The number of rotatable bonds is 8. The van der Waals surface area contributed by atoms with E-state index in [-0.39, 0.29) is 12.1 Å². The lowest BCUT2D eigenvalue weighted by molar-refractivity contribution is -0.147. The van der Waals surface area contributed by atoms with Gasteiger partial charge in [-0.3, -0.25) is 19.0 Å². The summed E-state index contributed by atoms with van der Waals surface area (Å²) in [7, 11) is 1.60. The third kappa shape index (κ3) is 5.32. The summed E-state index contributed by atoms with van der Waals surface area (Å²) in [6.45, 7) is 1.24. The van der Waals surface area contributed by atoms with Gasteiger partial charge >= 0.3 is 5.97 Å². The number of hydrogen-bond donors (Lipinski definition) is 1. The Labute approximate surface area is 199 Å². The van der Waals surface area contributed by atoms with Crippen LogP contribution in [0.5, 0.6) is 5.75 Å². The molecule has 8 nitrogen and oxygen atoms in total. The minimum absolute atomic E-state index is 0.337. The molecular formula is C25H23N3O5S. The highest BCUT2D eigenvalue weighted by Gasteiger charge is 2.14. The molecule has 0 radical (unpaired) electrons. The summed E-state index contributed by atoms with van der Waals surface area (Å²) >= 11 is 1.30. The van der Waals surface area contributed by atoms with E-state index >= 15 is 0 Å². The minimum Gasteiger partial charge on any atom is -0.497 e. The van der Waals surface area contributed by atoms with E-state index in [0.717, 1.165) is 28.2 Å². The van der Waals surface area contributed by atoms with E-state index in [9.17, 15) is 14.4 Å². The van der Waals surface area contributed by atoms with Crippen LogP contribution in [0.1, 0.15) is 12.5 Å². The van der Waals surface area contributed by atoms with Gasteiger partial charge in [-0.1, -0.05) is 19.1 Å². The summed E-state index contributed by atoms with van der Waals surface area (Å²) in [4.78, 5) is 42.4. The number of nitrogens with zero attached hydrogens (tertiary/aromatic N) is 2. The lowest BCUT2D eigenvalue weighted by Gasteiger charge is -2.08. The highest BCUT2D eigenvalue weighted by molar-refractivity contribution is 7.22. The van der Waals surface area contributed by atoms with Crippen LogP contribution in [0.3, 0.4) is 0 Å². The lowest BCUT2D eigenvalue weighted by atomic mass is 10.1. The number of hydrogen-bond acceptors (Lipinski definition) is 7. The molecule has 9 heteroatoms. The van der Waals surface area contributed by atoms with Crippen LogP contribution in [0.2, 0.25) is 0 Å². The molecule has 0 saturated carbocycles. The van der Waals surface area contributed by atoms with Crippen molar-refractivity contribution in [1.29, 1.82) is 0 Å². The number of aryl methyl sites for hydroxylation is 1. The van der Waals surface area contributed by atoms with E-state index < -0.39 is 18.5 Å². The highest BCUT2D eigenvalue weighted by Crippen LogP contribution is 2.31. The summed E-state index contributed by atoms with van der Waals surface area (Å²) in [5.41, 5.74) is 2.87. The van der Waals surface area contributed by atoms with Gasteiger partial charge in [-0.25, -0.2) is 4.98 Å². The van der Waals surface area contributed by atoms with Crippen molar-refractivity contribution in [1.82, 2.24) is 9.55 Å². The molecule has 0 spiro atoms. The molecule has 0 unspecified atom stereocenters. The number of thiophene rings is 1. The van der Waals surface area contributed by atoms with Crippen LogP contribution in [0.15, 0.2) is 65.7 Å². The van der Waals surface area contributed by atoms with Crippen molar-refractivity contribution in [3.8, 4) is 16.2 Å². The van der Waals surface area contributed by atoms with Gasteiger partial charge in [0.25, 0.3) is 11.5 Å². The number of methoxy groups -OCH3 is 1. The molecule has 0 saturated heterocycles. The van der Waals surface area contributed by atoms with Crippen LogP contribution in [0.25, 0.3) is 20.7 Å². The average Bonchev–Trinajstić information content (AvgIpc) is 3.30. The summed E-state index contributed by atoms with van der Waals surface area (Å²) in [6, 6.07) is 16.8. The van der Waals surface area contributed by atoms with E-state index in [0.29, 0.717) is 15.9 Å². The molecule has 2 aromatic heterocycles. The zero-order chi connectivity index (χ0) is 24.1. The molecule has 174 valence electrons. The fourth-order valence-electron chi connectivity index (χ4n) is 3.35. The lowest BCUT2D eigenvalue weighted by Crippen LogP contribution is -2.27. The first-order chi connectivity index (χ1) is 16.5. The van der Waals surface area contributed by atoms with Gasteiger partial charge in [0, 0.05) is 10.6 Å². The van der Waals surface area contributed by atoms with Gasteiger partial charge in [0.2, 0.25) is 0 Å². The number of amides is 1. The standard InChI is InChI=1S/C25H23N3O5S/c1-3-16-5-4-6-18(11-16)27-22(29)14-33-23(30)13-28-15-26-20-12-21(34-24(20)25(28)31)17-7-9-19(32-2)10-8-17/h4-12,15H,3,13-14H2,1-2H3,(H,27,29). The van der Waals surface area contributed by atoms with E-state index in [2.05, 4.69) is 10.3 Å². The molecular weight excluding hydrogens is 454 g/mol. The molecule has 4 rings (SSSR count). The molecule has 2 heterocycles. The maximum Gasteiger partial charge on any atom is 0.326 e. The zero-order valence-electron chi connectivity index (χ0n) is 18.7. The average molecular weight is 478 g/mol. The number of aromatic nitrogens is 2. The fourth-order valence-corrected chi connectivity index (χ4v) is 4.42. The highest BCUT2D eigenvalue weighted by atomic mass is 32.1. The van der Waals surface area contributed by atoms with E-state index in [1.807, 2.05) is 55.5 Å². The molecule has 0 atom stereocenters. The predicted octanol–water partition coefficient (Wildman–Crippen LogP) is 3.88. The normalized spacial score (nSPS) is 10.8. The monoisotopic (exact) mass is 477 g/mol. The van der Waals surface area contributed by atoms with Crippen LogP contribution in [0.4, 0.5) is 5.69 Å². The van der Waals surface area contributed by atoms with Crippen molar-refractivity contribution >= 4 is 39.1 Å². The number of anilines is 1. The number of carbonyl (C=O) groups excluding carboxylic acids is 2. The van der Waals surface area contributed by atoms with Crippen LogP contribution in [0, 0.1) is 0 Å². The summed E-state index contributed by atoms with van der Waals surface area (Å²) in [5, 5.41) is 2.69. The maximum absolute atomic E-state index is 12.9. The summed E-state index contributed by atoms with van der Waals surface area (Å²) in [5.74, 6) is -0.412. The van der Waals surface area contributed by atoms with Gasteiger partial charge in [-0.2, -0.15) is 0 Å². The third-order valence-electron chi connectivity index (χ3n) is 5.16. The van der Waals surface area contributed by atoms with Crippen molar-refractivity contribution < 1.29 is 19.1 Å². The number of nitrogens with one attached hydrogen (secondary N) is 1. The second kappa shape index (κ2) is 10.3. The van der Waals surface area contributed by atoms with Gasteiger partial charge < -0.3 is 14.8 Å². The topological polar surface area (TPSA) is 99.5 Å². The minimum atomic E-state index is -0.701. The van der Waals surface area contributed by atoms with Gasteiger partial charge in [0.1, 0.15) is 17.0 Å². The second-order valence-corrected chi connectivity index (χ2v) is 8.55. The van der Waals surface area contributed by atoms with Crippen LogP contribution >= 0.6 is 11.3 Å². The van der Waals surface area contributed by atoms with E-state index in [1.54, 1.807) is 13.2 Å². The Morgan fingerprint density at radius 2 is 1.91 bits per heavy atom. The maximum atomic E-state index is 12.9. The molecule has 1 amide bonds. The van der Waals surface area contributed by atoms with Crippen molar-refractivity contribution in [2.24, 2.45) is 0 Å². The summed E-state index contributed by atoms with van der Waals surface area (Å²) < 4.78 is 11.9. The molecule has 0 aliphatic rings. The van der Waals surface area contributed by atoms with Crippen LogP contribution < -0.4 is 15.6 Å². The van der Waals surface area contributed by atoms with Crippen molar-refractivity contribution in [2.75, 3.05) is 19.0 Å². The van der Waals surface area contributed by atoms with Gasteiger partial charge in [-0.15, -0.1) is 11.3 Å². The predicted molar refractivity (Wildman–Crippen MR) is 131 cm³/mol. The largest absolute Gasteiger partial charge is 0.497 e. The molecule has 34 heavy (non-hydrogen) atoms. The molecule has 2 aromatic carbocycles. The van der Waals surface area contributed by atoms with Crippen molar-refractivity contribution in [2.45, 2.75) is 19.9 Å². The second-order valence-electron chi connectivity index (χ2n) is 7.49. The van der Waals surface area contributed by atoms with Crippen molar-refractivity contribution in [3.63, 3.8) is 0 Å². The molecule has 1 N–H and O–H groups in total. The first kappa shape index (κ1) is 23.2. The van der Waals surface area contributed by atoms with E-state index in [1.165, 1.54) is 22.2 Å². The molecule has 0 aliphatic carbocycles. The molecule has 4 aromatic rings. The van der Waals surface area contributed by atoms with Gasteiger partial charge in [-0.05, 0) is 60.0 Å². The number of ether oxygens (including phenoxy) is 2. The smallest absolute Gasteiger partial charge is 0.326 e. The number of carbonyl (C=O) groups is 2.